The number of nitrogen functional groups attached to an aromatic ring is 1. The fraction of sp³-hybridized carbons (Fsp3) is 0.412. The largest absolute Gasteiger partial charge is 0.489 e. The number of anilines is 1. The highest BCUT2D eigenvalue weighted by molar-refractivity contribution is 5.80. The zero-order chi connectivity index (χ0) is 20.2. The van der Waals surface area contributed by atoms with Gasteiger partial charge in [-0.15, -0.1) is 0 Å². The third-order valence-corrected chi connectivity index (χ3v) is 3.19. The maximum atomic E-state index is 11.8. The van der Waals surface area contributed by atoms with Crippen LogP contribution in [0.2, 0.25) is 0 Å². The molecule has 27 heavy (non-hydrogen) atoms. The van der Waals surface area contributed by atoms with E-state index in [9.17, 15) is 14.7 Å². The van der Waals surface area contributed by atoms with E-state index < -0.39 is 23.7 Å². The van der Waals surface area contributed by atoms with Crippen LogP contribution in [0.1, 0.15) is 26.7 Å². The number of aliphatic carboxylic acids is 1. The summed E-state index contributed by atoms with van der Waals surface area (Å²) in [5, 5.41) is 15.3. The topological polar surface area (TPSA) is 150 Å². The van der Waals surface area contributed by atoms with Crippen LogP contribution < -0.4 is 15.8 Å². The van der Waals surface area contributed by atoms with Gasteiger partial charge in [-0.3, -0.25) is 0 Å². The number of benzene rings is 1. The summed E-state index contributed by atoms with van der Waals surface area (Å²) in [6, 6.07) is 3.49. The van der Waals surface area contributed by atoms with E-state index in [1.807, 2.05) is 0 Å². The molecule has 10 nitrogen and oxygen atoms in total. The van der Waals surface area contributed by atoms with Gasteiger partial charge >= 0.3 is 12.1 Å². The molecule has 0 saturated heterocycles. The molecule has 0 radical (unpaired) electrons. The third kappa shape index (κ3) is 5.87. The van der Waals surface area contributed by atoms with E-state index in [0.717, 1.165) is 0 Å². The first-order valence-electron chi connectivity index (χ1n) is 8.10. The smallest absolute Gasteiger partial charge is 0.408 e. The molecule has 0 unspecified atom stereocenters. The van der Waals surface area contributed by atoms with E-state index in [1.165, 1.54) is 0 Å². The quantitative estimate of drug-likeness (QED) is 0.641. The lowest BCUT2D eigenvalue weighted by atomic mass is 10.2. The number of nitrogens with zero attached hydrogens (tertiary/aromatic N) is 2. The first-order chi connectivity index (χ1) is 12.5. The van der Waals surface area contributed by atoms with Gasteiger partial charge in [0.1, 0.15) is 18.0 Å². The number of alkyl carbamates (subject to hydrolysis) is 1. The van der Waals surface area contributed by atoms with Crippen LogP contribution in [0.5, 0.6) is 5.75 Å². The predicted molar refractivity (Wildman–Crippen MR) is 95.2 cm³/mol. The van der Waals surface area contributed by atoms with E-state index in [-0.39, 0.29) is 18.0 Å². The molecule has 1 heterocycles. The second kappa shape index (κ2) is 7.94. The van der Waals surface area contributed by atoms with Crippen molar-refractivity contribution >= 4 is 17.7 Å². The minimum Gasteiger partial charge on any atom is -0.489 e. The maximum absolute atomic E-state index is 11.8. The lowest BCUT2D eigenvalue weighted by Crippen LogP contribution is -2.46. The number of rotatable bonds is 6. The summed E-state index contributed by atoms with van der Waals surface area (Å²) in [5.74, 6) is -0.211. The predicted octanol–water partition coefficient (Wildman–Crippen LogP) is 1.98. The first kappa shape index (κ1) is 20.0. The third-order valence-electron chi connectivity index (χ3n) is 3.19. The number of hydrogen-bond acceptors (Lipinski definition) is 8. The maximum Gasteiger partial charge on any atom is 0.408 e. The highest BCUT2D eigenvalue weighted by Gasteiger charge is 2.25. The number of amides is 1. The highest BCUT2D eigenvalue weighted by Crippen LogP contribution is 2.27. The fourth-order valence-electron chi connectivity index (χ4n) is 2.03. The van der Waals surface area contributed by atoms with Crippen LogP contribution in [-0.4, -0.2) is 45.6 Å². The SMILES string of the molecule is Cc1nc(-c2ccc(OC[C@H](NC(=O)OC(C)(C)C)C(=O)O)c(N)c2)no1. The van der Waals surface area contributed by atoms with Gasteiger partial charge in [0, 0.05) is 12.5 Å². The van der Waals surface area contributed by atoms with Crippen molar-refractivity contribution in [3.8, 4) is 17.1 Å². The zero-order valence-corrected chi connectivity index (χ0v) is 15.5. The molecule has 0 aliphatic rings. The van der Waals surface area contributed by atoms with Crippen LogP contribution >= 0.6 is 0 Å². The Morgan fingerprint density at radius 1 is 1.37 bits per heavy atom. The number of carboxylic acids is 1. The summed E-state index contributed by atoms with van der Waals surface area (Å²) in [4.78, 5) is 27.2. The molecule has 0 aliphatic carbocycles. The second-order valence-electron chi connectivity index (χ2n) is 6.74. The van der Waals surface area contributed by atoms with Crippen molar-refractivity contribution in [2.75, 3.05) is 12.3 Å². The van der Waals surface area contributed by atoms with Gasteiger partial charge in [0.15, 0.2) is 6.04 Å². The Kier molecular flexibility index (Phi) is 5.88. The Hall–Kier alpha value is -3.30. The van der Waals surface area contributed by atoms with Crippen molar-refractivity contribution < 1.29 is 28.7 Å². The van der Waals surface area contributed by atoms with Crippen LogP contribution in [0, 0.1) is 6.92 Å². The average Bonchev–Trinajstić information content (AvgIpc) is 2.96. The van der Waals surface area contributed by atoms with Crippen LogP contribution in [0.25, 0.3) is 11.4 Å². The van der Waals surface area contributed by atoms with Gasteiger partial charge < -0.3 is 30.2 Å². The van der Waals surface area contributed by atoms with Gasteiger partial charge in [0.05, 0.1) is 5.69 Å². The molecular weight excluding hydrogens is 356 g/mol. The number of carbonyl (C=O) groups excluding carboxylic acids is 1. The number of aromatic nitrogens is 2. The average molecular weight is 378 g/mol. The molecule has 0 fully saturated rings. The molecular formula is C17H22N4O6. The Balaban J connectivity index is 2.02. The van der Waals surface area contributed by atoms with E-state index in [2.05, 4.69) is 15.5 Å². The van der Waals surface area contributed by atoms with E-state index in [1.54, 1.807) is 45.9 Å². The van der Waals surface area contributed by atoms with Gasteiger partial charge in [0.2, 0.25) is 11.7 Å². The lowest BCUT2D eigenvalue weighted by molar-refractivity contribution is -0.140. The summed E-state index contributed by atoms with van der Waals surface area (Å²) < 4.78 is 15.4. The molecule has 2 aromatic rings. The summed E-state index contributed by atoms with van der Waals surface area (Å²) >= 11 is 0. The minimum atomic E-state index is -1.31. The molecule has 2 rings (SSSR count). The lowest BCUT2D eigenvalue weighted by Gasteiger charge is -2.22. The molecule has 1 aromatic carbocycles. The van der Waals surface area contributed by atoms with Crippen molar-refractivity contribution in [3.63, 3.8) is 0 Å². The van der Waals surface area contributed by atoms with Crippen LogP contribution in [-0.2, 0) is 9.53 Å². The molecule has 4 N–H and O–H groups in total. The molecule has 0 aliphatic heterocycles. The van der Waals surface area contributed by atoms with Crippen LogP contribution in [0.3, 0.4) is 0 Å². The zero-order valence-electron chi connectivity index (χ0n) is 15.5. The van der Waals surface area contributed by atoms with Gasteiger partial charge in [-0.1, -0.05) is 5.16 Å². The monoisotopic (exact) mass is 378 g/mol. The van der Waals surface area contributed by atoms with Gasteiger partial charge in [-0.25, -0.2) is 9.59 Å². The molecule has 0 spiro atoms. The van der Waals surface area contributed by atoms with Crippen molar-refractivity contribution in [1.29, 1.82) is 0 Å². The van der Waals surface area contributed by atoms with E-state index in [4.69, 9.17) is 19.7 Å². The fourth-order valence-corrected chi connectivity index (χ4v) is 2.03. The van der Waals surface area contributed by atoms with Crippen molar-refractivity contribution in [2.45, 2.75) is 39.3 Å². The molecule has 146 valence electrons. The molecule has 1 aromatic heterocycles. The molecule has 1 amide bonds. The van der Waals surface area contributed by atoms with Crippen molar-refractivity contribution in [2.24, 2.45) is 0 Å². The molecule has 0 saturated carbocycles. The second-order valence-corrected chi connectivity index (χ2v) is 6.74. The van der Waals surface area contributed by atoms with Gasteiger partial charge in [-0.2, -0.15) is 4.98 Å². The number of carbonyl (C=O) groups is 2. The van der Waals surface area contributed by atoms with E-state index in [0.29, 0.717) is 17.3 Å². The van der Waals surface area contributed by atoms with Crippen molar-refractivity contribution in [3.05, 3.63) is 24.1 Å². The molecule has 1 atom stereocenters. The first-order valence-corrected chi connectivity index (χ1v) is 8.10. The van der Waals surface area contributed by atoms with Gasteiger partial charge in [-0.05, 0) is 39.0 Å². The normalized spacial score (nSPS) is 12.3. The molecule has 10 heteroatoms. The highest BCUT2D eigenvalue weighted by atomic mass is 16.6. The number of aryl methyl sites for hydroxylation is 1. The number of hydrogen-bond donors (Lipinski definition) is 3. The molecule has 0 bridgehead atoms. The minimum absolute atomic E-state index is 0.260. The Labute approximate surface area is 155 Å². The number of nitrogens with two attached hydrogens (primary N) is 1. The van der Waals surface area contributed by atoms with Crippen molar-refractivity contribution in [1.82, 2.24) is 15.5 Å². The summed E-state index contributed by atoms with van der Waals surface area (Å²) in [6.45, 7) is 6.35. The van der Waals surface area contributed by atoms with Crippen LogP contribution in [0.4, 0.5) is 10.5 Å². The number of nitrogens with one attached hydrogen (secondary N) is 1. The number of ether oxygens (including phenoxy) is 2. The number of carboxylic acid groups (broad SMARTS) is 1. The Morgan fingerprint density at radius 3 is 2.59 bits per heavy atom. The van der Waals surface area contributed by atoms with Gasteiger partial charge in [0.25, 0.3) is 0 Å². The van der Waals surface area contributed by atoms with Crippen LogP contribution in [0.15, 0.2) is 22.7 Å². The Bertz CT molecular complexity index is 827. The summed E-state index contributed by atoms with van der Waals surface area (Å²) in [5.41, 5.74) is 6.08. The van der Waals surface area contributed by atoms with E-state index >= 15 is 0 Å². The summed E-state index contributed by atoms with van der Waals surface area (Å²) in [7, 11) is 0. The standard InChI is InChI=1S/C17H22N4O6/c1-9-19-14(21-27-9)10-5-6-13(11(18)7-10)25-8-12(15(22)23)20-16(24)26-17(2,3)4/h5-7,12H,8,18H2,1-4H3,(H,20,24)(H,22,23)/t12-/m0/s1. The summed E-state index contributed by atoms with van der Waals surface area (Å²) in [6.07, 6.45) is -0.853. The Morgan fingerprint density at radius 2 is 2.07 bits per heavy atom.